The number of halogens is 2. The Balaban J connectivity index is 1.75. The molecule has 0 saturated heterocycles. The third-order valence-corrected chi connectivity index (χ3v) is 3.48. The minimum atomic E-state index is -0.0910. The van der Waals surface area contributed by atoms with Gasteiger partial charge in [0.1, 0.15) is 5.75 Å². The van der Waals surface area contributed by atoms with Crippen molar-refractivity contribution in [2.45, 2.75) is 19.8 Å². The standard InChI is InChI=1S/C17H17Cl2NO2/c1-12-5-2-3-6-16(12)22-8-4-7-17(21)20-15-10-13(18)9-14(19)11-15/h2-3,5-6,9-11H,4,7-8H2,1H3,(H,20,21). The summed E-state index contributed by atoms with van der Waals surface area (Å²) in [7, 11) is 0. The maximum Gasteiger partial charge on any atom is 0.224 e. The third-order valence-electron chi connectivity index (χ3n) is 3.05. The monoisotopic (exact) mass is 337 g/mol. The molecule has 0 heterocycles. The summed E-state index contributed by atoms with van der Waals surface area (Å²) in [5, 5.41) is 3.75. The van der Waals surface area contributed by atoms with Crippen LogP contribution >= 0.6 is 23.2 Å². The van der Waals surface area contributed by atoms with Crippen LogP contribution in [-0.4, -0.2) is 12.5 Å². The van der Waals surface area contributed by atoms with E-state index in [4.69, 9.17) is 27.9 Å². The van der Waals surface area contributed by atoms with Crippen molar-refractivity contribution in [2.75, 3.05) is 11.9 Å². The SMILES string of the molecule is Cc1ccccc1OCCCC(=O)Nc1cc(Cl)cc(Cl)c1. The third kappa shape index (κ3) is 5.24. The number of amides is 1. The maximum absolute atomic E-state index is 11.9. The number of ether oxygens (including phenoxy) is 1. The molecule has 0 fully saturated rings. The molecule has 0 bridgehead atoms. The minimum Gasteiger partial charge on any atom is -0.493 e. The van der Waals surface area contributed by atoms with Crippen LogP contribution in [0.4, 0.5) is 5.69 Å². The number of nitrogens with one attached hydrogen (secondary N) is 1. The normalized spacial score (nSPS) is 10.3. The first kappa shape index (κ1) is 16.7. The summed E-state index contributed by atoms with van der Waals surface area (Å²) in [5.41, 5.74) is 1.68. The number of aryl methyl sites for hydroxylation is 1. The molecule has 0 aliphatic rings. The van der Waals surface area contributed by atoms with Crippen LogP contribution in [0.1, 0.15) is 18.4 Å². The lowest BCUT2D eigenvalue weighted by Gasteiger charge is -2.09. The fraction of sp³-hybridized carbons (Fsp3) is 0.235. The molecule has 1 N–H and O–H groups in total. The Hall–Kier alpha value is -1.71. The van der Waals surface area contributed by atoms with Gasteiger partial charge < -0.3 is 10.1 Å². The molecule has 0 atom stereocenters. The van der Waals surface area contributed by atoms with Crippen molar-refractivity contribution in [3.63, 3.8) is 0 Å². The van der Waals surface area contributed by atoms with Gasteiger partial charge in [0, 0.05) is 22.2 Å². The number of rotatable bonds is 6. The van der Waals surface area contributed by atoms with Gasteiger partial charge in [-0.15, -0.1) is 0 Å². The smallest absolute Gasteiger partial charge is 0.224 e. The molecule has 0 unspecified atom stereocenters. The maximum atomic E-state index is 11.9. The molecule has 2 aromatic carbocycles. The van der Waals surface area contributed by atoms with Crippen LogP contribution in [0.5, 0.6) is 5.75 Å². The molecule has 5 heteroatoms. The molecular weight excluding hydrogens is 321 g/mol. The molecule has 2 aromatic rings. The second-order valence-electron chi connectivity index (χ2n) is 4.92. The molecular formula is C17H17Cl2NO2. The first-order chi connectivity index (χ1) is 10.5. The van der Waals surface area contributed by atoms with E-state index in [1.165, 1.54) is 0 Å². The first-order valence-corrected chi connectivity index (χ1v) is 7.74. The van der Waals surface area contributed by atoms with E-state index in [2.05, 4.69) is 5.32 Å². The van der Waals surface area contributed by atoms with Gasteiger partial charge in [0.2, 0.25) is 5.91 Å². The molecule has 22 heavy (non-hydrogen) atoms. The summed E-state index contributed by atoms with van der Waals surface area (Å²) in [6, 6.07) is 12.7. The van der Waals surface area contributed by atoms with E-state index in [1.54, 1.807) is 18.2 Å². The summed E-state index contributed by atoms with van der Waals surface area (Å²) in [5.74, 6) is 0.760. The summed E-state index contributed by atoms with van der Waals surface area (Å²) in [6.45, 7) is 2.49. The van der Waals surface area contributed by atoms with Gasteiger partial charge in [-0.05, 0) is 43.2 Å². The Morgan fingerprint density at radius 1 is 1.14 bits per heavy atom. The Morgan fingerprint density at radius 2 is 1.82 bits per heavy atom. The van der Waals surface area contributed by atoms with Crippen molar-refractivity contribution in [1.29, 1.82) is 0 Å². The fourth-order valence-electron chi connectivity index (χ4n) is 1.98. The van der Waals surface area contributed by atoms with Gasteiger partial charge in [0.05, 0.1) is 6.61 Å². The first-order valence-electron chi connectivity index (χ1n) is 6.99. The Morgan fingerprint density at radius 3 is 2.50 bits per heavy atom. The lowest BCUT2D eigenvalue weighted by Crippen LogP contribution is -2.13. The predicted molar refractivity (Wildman–Crippen MR) is 91.0 cm³/mol. The van der Waals surface area contributed by atoms with Gasteiger partial charge >= 0.3 is 0 Å². The molecule has 0 spiro atoms. The predicted octanol–water partition coefficient (Wildman–Crippen LogP) is 5.10. The average Bonchev–Trinajstić information content (AvgIpc) is 2.44. The highest BCUT2D eigenvalue weighted by molar-refractivity contribution is 6.35. The second-order valence-corrected chi connectivity index (χ2v) is 5.80. The number of carbonyl (C=O) groups excluding carboxylic acids is 1. The lowest BCUT2D eigenvalue weighted by molar-refractivity contribution is -0.116. The zero-order valence-corrected chi connectivity index (χ0v) is 13.7. The van der Waals surface area contributed by atoms with E-state index in [0.717, 1.165) is 11.3 Å². The highest BCUT2D eigenvalue weighted by Gasteiger charge is 2.05. The van der Waals surface area contributed by atoms with Crippen LogP contribution in [0.25, 0.3) is 0 Å². The largest absolute Gasteiger partial charge is 0.493 e. The van der Waals surface area contributed by atoms with E-state index in [1.807, 2.05) is 31.2 Å². The molecule has 116 valence electrons. The zero-order valence-electron chi connectivity index (χ0n) is 12.2. The lowest BCUT2D eigenvalue weighted by atomic mass is 10.2. The van der Waals surface area contributed by atoms with Gasteiger partial charge in [-0.2, -0.15) is 0 Å². The molecule has 0 aliphatic carbocycles. The number of benzene rings is 2. The summed E-state index contributed by atoms with van der Waals surface area (Å²) in [4.78, 5) is 11.9. The highest BCUT2D eigenvalue weighted by Crippen LogP contribution is 2.22. The fourth-order valence-corrected chi connectivity index (χ4v) is 2.51. The van der Waals surface area contributed by atoms with Gasteiger partial charge in [-0.25, -0.2) is 0 Å². The summed E-state index contributed by atoms with van der Waals surface area (Å²) >= 11 is 11.8. The topological polar surface area (TPSA) is 38.3 Å². The average molecular weight is 338 g/mol. The van der Waals surface area contributed by atoms with Crippen molar-refractivity contribution in [3.05, 3.63) is 58.1 Å². The van der Waals surface area contributed by atoms with Crippen molar-refractivity contribution in [3.8, 4) is 5.75 Å². The van der Waals surface area contributed by atoms with E-state index in [9.17, 15) is 4.79 Å². The van der Waals surface area contributed by atoms with Gasteiger partial charge in [-0.3, -0.25) is 4.79 Å². The van der Waals surface area contributed by atoms with Crippen LogP contribution < -0.4 is 10.1 Å². The molecule has 3 nitrogen and oxygen atoms in total. The molecule has 0 radical (unpaired) electrons. The molecule has 0 saturated carbocycles. The van der Waals surface area contributed by atoms with Crippen molar-refractivity contribution in [2.24, 2.45) is 0 Å². The number of hydrogen-bond donors (Lipinski definition) is 1. The number of para-hydroxylation sites is 1. The molecule has 1 amide bonds. The van der Waals surface area contributed by atoms with Crippen LogP contribution in [0, 0.1) is 6.92 Å². The highest BCUT2D eigenvalue weighted by atomic mass is 35.5. The van der Waals surface area contributed by atoms with E-state index >= 15 is 0 Å². The second kappa shape index (κ2) is 8.06. The van der Waals surface area contributed by atoms with Gasteiger partial charge in [0.25, 0.3) is 0 Å². The Kier molecular flexibility index (Phi) is 6.10. The molecule has 0 aliphatic heterocycles. The number of hydrogen-bond acceptors (Lipinski definition) is 2. The Bertz CT molecular complexity index is 639. The summed E-state index contributed by atoms with van der Waals surface area (Å²) < 4.78 is 5.65. The molecule has 0 aromatic heterocycles. The quantitative estimate of drug-likeness (QED) is 0.744. The van der Waals surface area contributed by atoms with Crippen LogP contribution in [-0.2, 0) is 4.79 Å². The van der Waals surface area contributed by atoms with Crippen LogP contribution in [0.2, 0.25) is 10.0 Å². The van der Waals surface area contributed by atoms with Gasteiger partial charge in [-0.1, -0.05) is 41.4 Å². The van der Waals surface area contributed by atoms with E-state index in [0.29, 0.717) is 35.2 Å². The van der Waals surface area contributed by atoms with Crippen molar-refractivity contribution in [1.82, 2.24) is 0 Å². The van der Waals surface area contributed by atoms with Crippen molar-refractivity contribution < 1.29 is 9.53 Å². The summed E-state index contributed by atoms with van der Waals surface area (Å²) in [6.07, 6.45) is 1.00. The molecule has 2 rings (SSSR count). The zero-order chi connectivity index (χ0) is 15.9. The van der Waals surface area contributed by atoms with Crippen molar-refractivity contribution >= 4 is 34.8 Å². The van der Waals surface area contributed by atoms with Crippen LogP contribution in [0.3, 0.4) is 0 Å². The van der Waals surface area contributed by atoms with Crippen LogP contribution in [0.15, 0.2) is 42.5 Å². The number of carbonyl (C=O) groups is 1. The van der Waals surface area contributed by atoms with Gasteiger partial charge in [0.15, 0.2) is 0 Å². The van der Waals surface area contributed by atoms with E-state index < -0.39 is 0 Å². The Labute approximate surface area is 140 Å². The minimum absolute atomic E-state index is 0.0910. The number of anilines is 1. The van der Waals surface area contributed by atoms with E-state index in [-0.39, 0.29) is 5.91 Å².